The molecule has 1 amide bonds. The Morgan fingerprint density at radius 2 is 2.00 bits per heavy atom. The summed E-state index contributed by atoms with van der Waals surface area (Å²) < 4.78 is 0. The smallest absolute Gasteiger partial charge is 0.251 e. The highest BCUT2D eigenvalue weighted by Crippen LogP contribution is 2.18. The molecule has 3 rings (SSSR count). The van der Waals surface area contributed by atoms with Crippen molar-refractivity contribution in [3.05, 3.63) is 30.0 Å². The largest absolute Gasteiger partial charge is 0.349 e. The van der Waals surface area contributed by atoms with Gasteiger partial charge in [-0.1, -0.05) is 25.7 Å². The van der Waals surface area contributed by atoms with E-state index in [1.54, 1.807) is 6.20 Å². The summed E-state index contributed by atoms with van der Waals surface area (Å²) in [6.45, 7) is 0. The molecule has 0 radical (unpaired) electrons. The molecule has 1 aromatic heterocycles. The fourth-order valence-corrected chi connectivity index (χ4v) is 2.78. The van der Waals surface area contributed by atoms with Crippen LogP contribution in [-0.4, -0.2) is 22.1 Å². The lowest BCUT2D eigenvalue weighted by molar-refractivity contribution is 0.0933. The van der Waals surface area contributed by atoms with Crippen LogP contribution in [0.4, 0.5) is 0 Å². The molecule has 0 aliphatic heterocycles. The number of nitrogens with zero attached hydrogens (tertiary/aromatic N) is 1. The fraction of sp³-hybridized carbons (Fsp3) is 0.467. The van der Waals surface area contributed by atoms with E-state index in [1.807, 2.05) is 18.2 Å². The number of hydrogen-bond donors (Lipinski definition) is 2. The molecule has 1 aromatic carbocycles. The van der Waals surface area contributed by atoms with Crippen molar-refractivity contribution in [2.24, 2.45) is 0 Å². The summed E-state index contributed by atoms with van der Waals surface area (Å²) in [6.07, 6.45) is 9.02. The highest BCUT2D eigenvalue weighted by molar-refractivity contribution is 5.97. The zero-order chi connectivity index (χ0) is 13.1. The zero-order valence-electron chi connectivity index (χ0n) is 11.0. The van der Waals surface area contributed by atoms with Crippen molar-refractivity contribution in [1.82, 2.24) is 15.5 Å². The second-order valence-corrected chi connectivity index (χ2v) is 5.33. The highest BCUT2D eigenvalue weighted by Gasteiger charge is 2.15. The molecule has 0 saturated heterocycles. The summed E-state index contributed by atoms with van der Waals surface area (Å²) in [5.74, 6) is 0.0370. The first kappa shape index (κ1) is 12.2. The first-order valence-electron chi connectivity index (χ1n) is 7.07. The van der Waals surface area contributed by atoms with E-state index in [1.165, 1.54) is 25.7 Å². The van der Waals surface area contributed by atoms with Gasteiger partial charge in [-0.25, -0.2) is 0 Å². The molecule has 1 aliphatic carbocycles. The lowest BCUT2D eigenvalue weighted by Gasteiger charge is -2.16. The van der Waals surface area contributed by atoms with Crippen molar-refractivity contribution in [2.45, 2.75) is 44.6 Å². The van der Waals surface area contributed by atoms with Crippen LogP contribution in [0.25, 0.3) is 10.9 Å². The number of nitrogens with one attached hydrogen (secondary N) is 2. The standard InChI is InChI=1S/C15H19N3O/c19-15(17-13-5-3-1-2-4-6-13)11-7-8-14-12(9-11)10-16-18-14/h7-10,13H,1-6H2,(H,16,18)(H,17,19). The molecule has 2 N–H and O–H groups in total. The van der Waals surface area contributed by atoms with Gasteiger partial charge in [-0.2, -0.15) is 5.10 Å². The van der Waals surface area contributed by atoms with Gasteiger partial charge in [-0.3, -0.25) is 9.89 Å². The molecule has 4 nitrogen and oxygen atoms in total. The number of H-pyrrole nitrogens is 1. The predicted octanol–water partition coefficient (Wildman–Crippen LogP) is 3.02. The van der Waals surface area contributed by atoms with Gasteiger partial charge in [0, 0.05) is 17.0 Å². The number of fused-ring (bicyclic) bond motifs is 1. The van der Waals surface area contributed by atoms with E-state index in [9.17, 15) is 4.79 Å². The number of amides is 1. The second kappa shape index (κ2) is 5.43. The molecule has 1 saturated carbocycles. The van der Waals surface area contributed by atoms with E-state index in [-0.39, 0.29) is 5.91 Å². The fourth-order valence-electron chi connectivity index (χ4n) is 2.78. The molecule has 1 heterocycles. The molecule has 0 unspecified atom stereocenters. The van der Waals surface area contributed by atoms with Gasteiger partial charge in [0.2, 0.25) is 0 Å². The molecule has 4 heteroatoms. The molecule has 1 fully saturated rings. The number of aromatic nitrogens is 2. The SMILES string of the molecule is O=C(NC1CCCCCC1)c1ccc2[nH]ncc2c1. The molecule has 0 bridgehead atoms. The third-order valence-electron chi connectivity index (χ3n) is 3.89. The van der Waals surface area contributed by atoms with Crippen LogP contribution in [0.1, 0.15) is 48.9 Å². The van der Waals surface area contributed by atoms with Crippen molar-refractivity contribution >= 4 is 16.8 Å². The van der Waals surface area contributed by atoms with E-state index in [4.69, 9.17) is 0 Å². The average molecular weight is 257 g/mol. The maximum atomic E-state index is 12.2. The molecular weight excluding hydrogens is 238 g/mol. The Hall–Kier alpha value is -1.84. The third kappa shape index (κ3) is 2.78. The zero-order valence-corrected chi connectivity index (χ0v) is 11.0. The Morgan fingerprint density at radius 1 is 1.21 bits per heavy atom. The molecule has 100 valence electrons. The van der Waals surface area contributed by atoms with Crippen LogP contribution in [0.2, 0.25) is 0 Å². The van der Waals surface area contributed by atoms with E-state index in [2.05, 4.69) is 15.5 Å². The summed E-state index contributed by atoms with van der Waals surface area (Å²) >= 11 is 0. The van der Waals surface area contributed by atoms with Gasteiger partial charge in [-0.05, 0) is 31.0 Å². The van der Waals surface area contributed by atoms with E-state index in [0.717, 1.165) is 29.3 Å². The Kier molecular flexibility index (Phi) is 3.49. The highest BCUT2D eigenvalue weighted by atomic mass is 16.1. The minimum Gasteiger partial charge on any atom is -0.349 e. The number of hydrogen-bond acceptors (Lipinski definition) is 2. The Balaban J connectivity index is 1.71. The summed E-state index contributed by atoms with van der Waals surface area (Å²) in [7, 11) is 0. The third-order valence-corrected chi connectivity index (χ3v) is 3.89. The normalized spacial score (nSPS) is 17.3. The predicted molar refractivity (Wildman–Crippen MR) is 75.0 cm³/mol. The van der Waals surface area contributed by atoms with Crippen molar-refractivity contribution in [1.29, 1.82) is 0 Å². The number of benzene rings is 1. The van der Waals surface area contributed by atoms with Crippen LogP contribution in [0.15, 0.2) is 24.4 Å². The van der Waals surface area contributed by atoms with Gasteiger partial charge in [0.25, 0.3) is 5.91 Å². The molecule has 19 heavy (non-hydrogen) atoms. The van der Waals surface area contributed by atoms with Crippen LogP contribution in [0.5, 0.6) is 0 Å². The quantitative estimate of drug-likeness (QED) is 0.812. The van der Waals surface area contributed by atoms with Crippen molar-refractivity contribution in [3.8, 4) is 0 Å². The lowest BCUT2D eigenvalue weighted by Crippen LogP contribution is -2.34. The molecule has 0 spiro atoms. The van der Waals surface area contributed by atoms with Crippen LogP contribution >= 0.6 is 0 Å². The summed E-state index contributed by atoms with van der Waals surface area (Å²) in [5, 5.41) is 11.0. The monoisotopic (exact) mass is 257 g/mol. The van der Waals surface area contributed by atoms with Gasteiger partial charge >= 0.3 is 0 Å². The van der Waals surface area contributed by atoms with E-state index >= 15 is 0 Å². The second-order valence-electron chi connectivity index (χ2n) is 5.33. The van der Waals surface area contributed by atoms with Crippen LogP contribution < -0.4 is 5.32 Å². The van der Waals surface area contributed by atoms with Crippen LogP contribution in [-0.2, 0) is 0 Å². The molecule has 0 atom stereocenters. The molecule has 1 aliphatic rings. The summed E-state index contributed by atoms with van der Waals surface area (Å²) in [6, 6.07) is 6.00. The molecular formula is C15H19N3O. The van der Waals surface area contributed by atoms with Crippen molar-refractivity contribution in [3.63, 3.8) is 0 Å². The summed E-state index contributed by atoms with van der Waals surface area (Å²) in [4.78, 5) is 12.2. The Labute approximate surface area is 112 Å². The Bertz CT molecular complexity index is 568. The minimum atomic E-state index is 0.0370. The number of carbonyl (C=O) groups is 1. The van der Waals surface area contributed by atoms with E-state index < -0.39 is 0 Å². The number of aromatic amines is 1. The van der Waals surface area contributed by atoms with Gasteiger partial charge in [-0.15, -0.1) is 0 Å². The number of carbonyl (C=O) groups excluding carboxylic acids is 1. The lowest BCUT2D eigenvalue weighted by atomic mass is 10.1. The molecule has 2 aromatic rings. The minimum absolute atomic E-state index is 0.0370. The van der Waals surface area contributed by atoms with Gasteiger partial charge < -0.3 is 5.32 Å². The van der Waals surface area contributed by atoms with Crippen LogP contribution in [0, 0.1) is 0 Å². The maximum Gasteiger partial charge on any atom is 0.251 e. The first-order valence-corrected chi connectivity index (χ1v) is 7.07. The maximum absolute atomic E-state index is 12.2. The number of rotatable bonds is 2. The van der Waals surface area contributed by atoms with Crippen molar-refractivity contribution < 1.29 is 4.79 Å². The average Bonchev–Trinajstić information content (AvgIpc) is 2.75. The van der Waals surface area contributed by atoms with Gasteiger partial charge in [0.1, 0.15) is 0 Å². The summed E-state index contributed by atoms with van der Waals surface area (Å²) in [5.41, 5.74) is 1.68. The van der Waals surface area contributed by atoms with Crippen LogP contribution in [0.3, 0.4) is 0 Å². The van der Waals surface area contributed by atoms with Gasteiger partial charge in [0.05, 0.1) is 11.7 Å². The van der Waals surface area contributed by atoms with Gasteiger partial charge in [0.15, 0.2) is 0 Å². The van der Waals surface area contributed by atoms with Crippen molar-refractivity contribution in [2.75, 3.05) is 0 Å². The Morgan fingerprint density at radius 3 is 2.79 bits per heavy atom. The van der Waals surface area contributed by atoms with E-state index in [0.29, 0.717) is 6.04 Å². The topological polar surface area (TPSA) is 57.8 Å². The first-order chi connectivity index (χ1) is 9.33.